The molecule has 2 unspecified atom stereocenters. The molecule has 1 aromatic heterocycles. The Bertz CT molecular complexity index is 979. The van der Waals surface area contributed by atoms with Crippen molar-refractivity contribution in [3.05, 3.63) is 22.7 Å². The van der Waals surface area contributed by atoms with Gasteiger partial charge in [0.25, 0.3) is 8.18 Å². The lowest BCUT2D eigenvalue weighted by molar-refractivity contribution is -0.0980. The molecule has 2 aliphatic heterocycles. The lowest BCUT2D eigenvalue weighted by atomic mass is 10.2. The molecule has 0 spiro atoms. The molecule has 0 saturated carbocycles. The average molecular weight is 537 g/mol. The zero-order valence-corrected chi connectivity index (χ0v) is 22.7. The van der Waals surface area contributed by atoms with Gasteiger partial charge in [-0.25, -0.2) is 18.8 Å². The molecule has 16 heteroatoms. The maximum absolute atomic E-state index is 14.0. The number of aromatic nitrogens is 2. The van der Waals surface area contributed by atoms with Crippen LogP contribution in [0.25, 0.3) is 0 Å². The third kappa shape index (κ3) is 7.42. The van der Waals surface area contributed by atoms with E-state index in [1.54, 1.807) is 37.5 Å². The van der Waals surface area contributed by atoms with Crippen LogP contribution in [-0.4, -0.2) is 109 Å². The fraction of sp³-hybridized carbons (Fsp3) is 0.789. The summed E-state index contributed by atoms with van der Waals surface area (Å²) < 4.78 is 55.6. The largest absolute Gasteiger partial charge is 0.383 e. The van der Waals surface area contributed by atoms with E-state index in [0.29, 0.717) is 26.2 Å². The first kappa shape index (κ1) is 28.4. The highest BCUT2D eigenvalue weighted by atomic mass is 31.2. The number of hydrogen-bond donors (Lipinski definition) is 2. The van der Waals surface area contributed by atoms with Gasteiger partial charge in [0.1, 0.15) is 5.82 Å². The Morgan fingerprint density at radius 3 is 2.63 bits per heavy atom. The highest BCUT2D eigenvalue weighted by Gasteiger charge is 2.41. The van der Waals surface area contributed by atoms with Crippen LogP contribution >= 0.6 is 15.8 Å². The molecule has 2 fully saturated rings. The molecule has 0 aliphatic carbocycles. The topological polar surface area (TPSA) is 154 Å². The molecule has 2 saturated heterocycles. The number of morpholine rings is 2. The molecular formula is C19H37N7O7P2. The molecule has 0 amide bonds. The van der Waals surface area contributed by atoms with E-state index in [0.717, 1.165) is 0 Å². The van der Waals surface area contributed by atoms with E-state index in [2.05, 4.69) is 10.3 Å². The summed E-state index contributed by atoms with van der Waals surface area (Å²) in [5.41, 5.74) is 5.06. The van der Waals surface area contributed by atoms with Gasteiger partial charge in [-0.1, -0.05) is 0 Å². The van der Waals surface area contributed by atoms with Gasteiger partial charge in [0.05, 0.1) is 31.5 Å². The van der Waals surface area contributed by atoms with Gasteiger partial charge >= 0.3 is 13.4 Å². The minimum atomic E-state index is -3.44. The molecule has 200 valence electrons. The molecule has 3 N–H and O–H groups in total. The monoisotopic (exact) mass is 537 g/mol. The Kier molecular flexibility index (Phi) is 10.0. The lowest BCUT2D eigenvalue weighted by Gasteiger charge is -2.42. The van der Waals surface area contributed by atoms with Gasteiger partial charge in [0, 0.05) is 32.4 Å². The quantitative estimate of drug-likeness (QED) is 0.387. The summed E-state index contributed by atoms with van der Waals surface area (Å²) in [6.07, 6.45) is -0.145. The van der Waals surface area contributed by atoms with Crippen LogP contribution in [0.5, 0.6) is 0 Å². The van der Waals surface area contributed by atoms with Gasteiger partial charge in [-0.2, -0.15) is 4.98 Å². The maximum Gasteiger partial charge on any atom is 0.351 e. The summed E-state index contributed by atoms with van der Waals surface area (Å²) in [5.74, 6) is 0.138. The second-order valence-electron chi connectivity index (χ2n) is 8.96. The van der Waals surface area contributed by atoms with Crippen LogP contribution in [0.4, 0.5) is 5.82 Å². The predicted molar refractivity (Wildman–Crippen MR) is 131 cm³/mol. The zero-order chi connectivity index (χ0) is 25.8. The van der Waals surface area contributed by atoms with Crippen molar-refractivity contribution in [2.75, 3.05) is 73.3 Å². The van der Waals surface area contributed by atoms with Gasteiger partial charge < -0.3 is 29.6 Å². The second-order valence-corrected chi connectivity index (χ2v) is 13.3. The summed E-state index contributed by atoms with van der Waals surface area (Å²) in [5, 5.41) is 3.21. The van der Waals surface area contributed by atoms with Crippen LogP contribution < -0.4 is 16.7 Å². The summed E-state index contributed by atoms with van der Waals surface area (Å²) in [6, 6.07) is 1.53. The van der Waals surface area contributed by atoms with E-state index in [4.69, 9.17) is 24.3 Å². The lowest BCUT2D eigenvalue weighted by Crippen LogP contribution is -2.49. The zero-order valence-electron chi connectivity index (χ0n) is 20.8. The molecule has 35 heavy (non-hydrogen) atoms. The van der Waals surface area contributed by atoms with Crippen molar-refractivity contribution in [1.29, 1.82) is 0 Å². The molecule has 6 atom stereocenters. The first-order valence-electron chi connectivity index (χ1n) is 11.4. The van der Waals surface area contributed by atoms with Gasteiger partial charge in [-0.15, -0.1) is 0 Å². The number of nitrogens with zero attached hydrogens (tertiary/aromatic N) is 5. The van der Waals surface area contributed by atoms with E-state index in [-0.39, 0.29) is 25.1 Å². The van der Waals surface area contributed by atoms with Crippen LogP contribution in [0.2, 0.25) is 0 Å². The van der Waals surface area contributed by atoms with Gasteiger partial charge in [-0.3, -0.25) is 13.7 Å². The summed E-state index contributed by atoms with van der Waals surface area (Å²) in [4.78, 5) is 15.9. The van der Waals surface area contributed by atoms with Crippen LogP contribution in [0.3, 0.4) is 0 Å². The number of nitrogens with one attached hydrogen (secondary N) is 1. The third-order valence-electron chi connectivity index (χ3n) is 5.56. The van der Waals surface area contributed by atoms with Crippen molar-refractivity contribution >= 4 is 21.7 Å². The third-order valence-corrected chi connectivity index (χ3v) is 9.24. The average Bonchev–Trinajstić information content (AvgIpc) is 2.80. The van der Waals surface area contributed by atoms with Crippen molar-refractivity contribution in [2.24, 2.45) is 0 Å². The van der Waals surface area contributed by atoms with Crippen molar-refractivity contribution in [2.45, 2.75) is 31.5 Å². The minimum Gasteiger partial charge on any atom is -0.383 e. The van der Waals surface area contributed by atoms with Crippen LogP contribution in [0.15, 0.2) is 17.1 Å². The number of hydrogen-bond acceptors (Lipinski definition) is 10. The predicted octanol–water partition coefficient (Wildman–Crippen LogP) is 0.0560. The van der Waals surface area contributed by atoms with Gasteiger partial charge in [0.15, 0.2) is 6.23 Å². The standard InChI is InChI=1S/C19H37N7O7P2/c1-14-10-25(11-16(32-14)12-30-34(28)23(2)3)35(29,24(4)5)31-13-15-8-21-9-18(33-15)26-7-6-17(20)22-19(26)27/h6-7,14-16,18,21,34H,8-13H2,1-5H3,(H2,20,22,27)/t14-,15-,16-,18+,35?/m0/s1. The van der Waals surface area contributed by atoms with Gasteiger partial charge in [-0.05, 0) is 41.2 Å². The normalized spacial score (nSPS) is 28.8. The highest BCUT2D eigenvalue weighted by Crippen LogP contribution is 2.53. The van der Waals surface area contributed by atoms with E-state index >= 15 is 0 Å². The molecule has 14 nitrogen and oxygen atoms in total. The Labute approximate surface area is 206 Å². The molecule has 3 heterocycles. The molecule has 0 radical (unpaired) electrons. The van der Waals surface area contributed by atoms with Crippen LogP contribution in [0.1, 0.15) is 13.2 Å². The molecule has 0 bridgehead atoms. The van der Waals surface area contributed by atoms with E-state index < -0.39 is 40.0 Å². The Balaban J connectivity index is 1.64. The number of rotatable bonds is 10. The molecule has 1 aromatic rings. The summed E-state index contributed by atoms with van der Waals surface area (Å²) >= 11 is 0. The highest BCUT2D eigenvalue weighted by molar-refractivity contribution is 7.53. The Morgan fingerprint density at radius 2 is 1.97 bits per heavy atom. The Hall–Kier alpha value is -1.18. The van der Waals surface area contributed by atoms with Crippen LogP contribution in [-0.2, 0) is 27.7 Å². The first-order chi connectivity index (χ1) is 16.5. The maximum atomic E-state index is 14.0. The smallest absolute Gasteiger partial charge is 0.351 e. The van der Waals surface area contributed by atoms with Crippen molar-refractivity contribution < 1.29 is 27.7 Å². The SMILES string of the molecule is C[C@H]1CN(P(=O)(OC[C@@H]2CNC[C@H](n3ccc(N)nc3=O)O2)N(C)C)C[C@@H](CO[PH](=O)N(C)C)O1. The molecular weight excluding hydrogens is 500 g/mol. The van der Waals surface area contributed by atoms with E-state index in [9.17, 15) is 13.9 Å². The molecule has 0 aromatic carbocycles. The fourth-order valence-corrected chi connectivity index (χ4v) is 6.51. The number of nitrogen functional groups attached to an aromatic ring is 1. The minimum absolute atomic E-state index is 0.0390. The first-order valence-corrected chi connectivity index (χ1v) is 14.2. The van der Waals surface area contributed by atoms with E-state index in [1.165, 1.54) is 21.5 Å². The number of anilines is 1. The van der Waals surface area contributed by atoms with Crippen molar-refractivity contribution in [1.82, 2.24) is 28.9 Å². The summed E-state index contributed by atoms with van der Waals surface area (Å²) in [7, 11) is 0.977. The van der Waals surface area contributed by atoms with Gasteiger partial charge in [0.2, 0.25) is 0 Å². The van der Waals surface area contributed by atoms with Crippen LogP contribution in [0, 0.1) is 0 Å². The van der Waals surface area contributed by atoms with Crippen molar-refractivity contribution in [3.63, 3.8) is 0 Å². The fourth-order valence-electron chi connectivity index (χ4n) is 3.84. The second kappa shape index (κ2) is 12.4. The van der Waals surface area contributed by atoms with Crippen molar-refractivity contribution in [3.8, 4) is 0 Å². The molecule has 3 rings (SSSR count). The number of ether oxygens (including phenoxy) is 2. The Morgan fingerprint density at radius 1 is 1.23 bits per heavy atom. The molecule has 2 aliphatic rings. The van der Waals surface area contributed by atoms with E-state index in [1.807, 2.05) is 6.92 Å². The number of nitrogens with two attached hydrogens (primary N) is 1. The summed E-state index contributed by atoms with van der Waals surface area (Å²) in [6.45, 7) is 3.60.